The molecule has 0 bridgehead atoms. The quantitative estimate of drug-likeness (QED) is 0.635. The topological polar surface area (TPSA) is 70.2 Å². The highest BCUT2D eigenvalue weighted by Crippen LogP contribution is 2.26. The highest BCUT2D eigenvalue weighted by Gasteiger charge is 2.36. The van der Waals surface area contributed by atoms with Crippen LogP contribution in [0.15, 0.2) is 29.2 Å². The molecule has 0 saturated carbocycles. The molecule has 0 N–H and O–H groups in total. The third-order valence-electron chi connectivity index (χ3n) is 5.92. The number of morpholine rings is 1. The fraction of sp³-hybridized carbons (Fsp3) is 0.667. The molecule has 0 aromatic heterocycles. The molecule has 2 aliphatic rings. The Kier molecular flexibility index (Phi) is 7.67. The van der Waals surface area contributed by atoms with E-state index in [2.05, 4.69) is 4.90 Å². The highest BCUT2D eigenvalue weighted by atomic mass is 32.2. The molecule has 2 fully saturated rings. The molecule has 0 spiro atoms. The fourth-order valence-corrected chi connectivity index (χ4v) is 6.04. The van der Waals surface area contributed by atoms with Crippen LogP contribution in [0, 0.1) is 0 Å². The second-order valence-electron chi connectivity index (χ2n) is 7.79. The number of sulfonamides is 1. The van der Waals surface area contributed by atoms with Crippen molar-refractivity contribution in [3.05, 3.63) is 29.8 Å². The van der Waals surface area contributed by atoms with Gasteiger partial charge in [-0.2, -0.15) is 4.31 Å². The van der Waals surface area contributed by atoms with Gasteiger partial charge in [0.25, 0.3) is 0 Å². The van der Waals surface area contributed by atoms with Crippen LogP contribution in [0.5, 0.6) is 0 Å². The normalized spacial score (nSPS) is 21.4. The summed E-state index contributed by atoms with van der Waals surface area (Å²) >= 11 is 0. The predicted octanol–water partition coefficient (Wildman–Crippen LogP) is 1.58. The molecule has 1 amide bonds. The Morgan fingerprint density at radius 2 is 1.93 bits per heavy atom. The van der Waals surface area contributed by atoms with Gasteiger partial charge in [-0.1, -0.05) is 25.1 Å². The van der Waals surface area contributed by atoms with Crippen LogP contribution in [0.2, 0.25) is 0 Å². The molecule has 1 aromatic carbocycles. The van der Waals surface area contributed by atoms with Crippen molar-refractivity contribution in [3.63, 3.8) is 0 Å². The minimum absolute atomic E-state index is 0.0187. The molecule has 8 heteroatoms. The lowest BCUT2D eigenvalue weighted by Gasteiger charge is -2.31. The maximum Gasteiger partial charge on any atom is 0.243 e. The van der Waals surface area contributed by atoms with Gasteiger partial charge in [0, 0.05) is 52.2 Å². The second-order valence-corrected chi connectivity index (χ2v) is 9.69. The molecule has 162 valence electrons. The Morgan fingerprint density at radius 3 is 2.62 bits per heavy atom. The standard InChI is InChI=1S/C21H33N3O4S/c1-3-19-7-4-5-8-21(19)29(26,27)23-12-9-20(17-23)24(18(2)25)11-6-10-22-13-15-28-16-14-22/h4-5,7-8,20H,3,6,9-17H2,1-2H3. The molecule has 2 aliphatic heterocycles. The largest absolute Gasteiger partial charge is 0.379 e. The molecule has 7 nitrogen and oxygen atoms in total. The van der Waals surface area contributed by atoms with E-state index in [1.165, 1.54) is 0 Å². The lowest BCUT2D eigenvalue weighted by atomic mass is 10.2. The average molecular weight is 424 g/mol. The van der Waals surface area contributed by atoms with Crippen LogP contribution >= 0.6 is 0 Å². The zero-order valence-electron chi connectivity index (χ0n) is 17.5. The van der Waals surface area contributed by atoms with Crippen molar-refractivity contribution in [2.24, 2.45) is 0 Å². The van der Waals surface area contributed by atoms with Crippen molar-refractivity contribution in [1.82, 2.24) is 14.1 Å². The number of hydrogen-bond acceptors (Lipinski definition) is 5. The number of nitrogens with zero attached hydrogens (tertiary/aromatic N) is 3. The number of ether oxygens (including phenoxy) is 1. The maximum atomic E-state index is 13.2. The second kappa shape index (κ2) is 10.0. The third kappa shape index (κ3) is 5.36. The van der Waals surface area contributed by atoms with Gasteiger partial charge < -0.3 is 9.64 Å². The zero-order chi connectivity index (χ0) is 20.9. The molecule has 0 aliphatic carbocycles. The number of aryl methyl sites for hydroxylation is 1. The Morgan fingerprint density at radius 1 is 1.21 bits per heavy atom. The summed E-state index contributed by atoms with van der Waals surface area (Å²) in [7, 11) is -3.54. The Balaban J connectivity index is 1.61. The van der Waals surface area contributed by atoms with Crippen molar-refractivity contribution in [2.45, 2.75) is 44.0 Å². The average Bonchev–Trinajstić information content (AvgIpc) is 3.22. The van der Waals surface area contributed by atoms with Crippen molar-refractivity contribution < 1.29 is 17.9 Å². The summed E-state index contributed by atoms with van der Waals surface area (Å²) in [5.41, 5.74) is 0.838. The van der Waals surface area contributed by atoms with Gasteiger partial charge in [0.15, 0.2) is 0 Å². The van der Waals surface area contributed by atoms with E-state index in [9.17, 15) is 13.2 Å². The van der Waals surface area contributed by atoms with Crippen LogP contribution in [0.25, 0.3) is 0 Å². The molecule has 1 unspecified atom stereocenters. The number of benzene rings is 1. The molecular formula is C21H33N3O4S. The Hall–Kier alpha value is -1.48. The number of carbonyl (C=O) groups is 1. The van der Waals surface area contributed by atoms with Gasteiger partial charge in [-0.3, -0.25) is 9.69 Å². The summed E-state index contributed by atoms with van der Waals surface area (Å²) in [6.07, 6.45) is 2.25. The van der Waals surface area contributed by atoms with Gasteiger partial charge in [-0.05, 0) is 30.9 Å². The van der Waals surface area contributed by atoms with Gasteiger partial charge in [-0.15, -0.1) is 0 Å². The van der Waals surface area contributed by atoms with E-state index in [1.54, 1.807) is 23.4 Å². The number of amides is 1. The molecule has 2 heterocycles. The van der Waals surface area contributed by atoms with Crippen molar-refractivity contribution in [1.29, 1.82) is 0 Å². The molecular weight excluding hydrogens is 390 g/mol. The first-order chi connectivity index (χ1) is 13.9. The Labute approximate surface area is 174 Å². The summed E-state index contributed by atoms with van der Waals surface area (Å²) in [6.45, 7) is 9.39. The number of rotatable bonds is 8. The highest BCUT2D eigenvalue weighted by molar-refractivity contribution is 7.89. The Bertz CT molecular complexity index is 793. The molecule has 29 heavy (non-hydrogen) atoms. The smallest absolute Gasteiger partial charge is 0.243 e. The minimum atomic E-state index is -3.54. The summed E-state index contributed by atoms with van der Waals surface area (Å²) < 4.78 is 33.3. The van der Waals surface area contributed by atoms with E-state index in [0.717, 1.165) is 44.8 Å². The summed E-state index contributed by atoms with van der Waals surface area (Å²) in [4.78, 5) is 16.9. The van der Waals surface area contributed by atoms with Crippen LogP contribution in [0.1, 0.15) is 32.3 Å². The first-order valence-corrected chi connectivity index (χ1v) is 12.0. The van der Waals surface area contributed by atoms with E-state index in [0.29, 0.717) is 37.4 Å². The number of hydrogen-bond donors (Lipinski definition) is 0. The van der Waals surface area contributed by atoms with Crippen molar-refractivity contribution >= 4 is 15.9 Å². The first kappa shape index (κ1) is 22.2. The lowest BCUT2D eigenvalue weighted by molar-refractivity contribution is -0.131. The minimum Gasteiger partial charge on any atom is -0.379 e. The van der Waals surface area contributed by atoms with Crippen LogP contribution < -0.4 is 0 Å². The van der Waals surface area contributed by atoms with Gasteiger partial charge in [-0.25, -0.2) is 8.42 Å². The predicted molar refractivity (Wildman–Crippen MR) is 112 cm³/mol. The van der Waals surface area contributed by atoms with E-state index >= 15 is 0 Å². The monoisotopic (exact) mass is 423 g/mol. The summed E-state index contributed by atoms with van der Waals surface area (Å²) in [5, 5.41) is 0. The van der Waals surface area contributed by atoms with E-state index in [1.807, 2.05) is 24.0 Å². The molecule has 0 radical (unpaired) electrons. The maximum absolute atomic E-state index is 13.2. The molecule has 3 rings (SSSR count). The zero-order valence-corrected chi connectivity index (χ0v) is 18.4. The van der Waals surface area contributed by atoms with E-state index in [-0.39, 0.29) is 11.9 Å². The van der Waals surface area contributed by atoms with Crippen molar-refractivity contribution in [2.75, 3.05) is 52.5 Å². The fourth-order valence-electron chi connectivity index (χ4n) is 4.26. The molecule has 1 aromatic rings. The molecule has 1 atom stereocenters. The van der Waals surface area contributed by atoms with Crippen LogP contribution in [0.4, 0.5) is 0 Å². The van der Waals surface area contributed by atoms with E-state index < -0.39 is 10.0 Å². The van der Waals surface area contributed by atoms with Crippen LogP contribution in [0.3, 0.4) is 0 Å². The molecule has 2 saturated heterocycles. The van der Waals surface area contributed by atoms with E-state index in [4.69, 9.17) is 4.74 Å². The summed E-state index contributed by atoms with van der Waals surface area (Å²) in [5.74, 6) is 0.0187. The first-order valence-electron chi connectivity index (χ1n) is 10.6. The third-order valence-corrected chi connectivity index (χ3v) is 7.89. The summed E-state index contributed by atoms with van der Waals surface area (Å²) in [6, 6.07) is 7.14. The van der Waals surface area contributed by atoms with Gasteiger partial charge in [0.1, 0.15) is 0 Å². The van der Waals surface area contributed by atoms with Crippen LogP contribution in [-0.2, 0) is 26.0 Å². The van der Waals surface area contributed by atoms with Gasteiger partial charge in [0.2, 0.25) is 15.9 Å². The number of carbonyl (C=O) groups excluding carboxylic acids is 1. The SMILES string of the molecule is CCc1ccccc1S(=O)(=O)N1CCC(N(CCCN2CCOCC2)C(C)=O)C1. The van der Waals surface area contributed by atoms with Crippen molar-refractivity contribution in [3.8, 4) is 0 Å². The lowest BCUT2D eigenvalue weighted by Crippen LogP contribution is -2.44. The van der Waals surface area contributed by atoms with Crippen LogP contribution in [-0.4, -0.2) is 87.0 Å². The van der Waals surface area contributed by atoms with Gasteiger partial charge >= 0.3 is 0 Å². The van der Waals surface area contributed by atoms with Gasteiger partial charge in [0.05, 0.1) is 18.1 Å².